The standard InChI is InChI=1S/C25H31ClN2O5S/c26-22-7-9-23(10-8-22)33-20-25(17-24(29)27-13-15-32-16-14-27)11-4-12-28(19-25)34(30,31)18-21-5-2-1-3-6-21/h1-3,5-10H,4,11-20H2/t25-/m0/s1. The molecule has 7 nitrogen and oxygen atoms in total. The molecular formula is C25H31ClN2O5S. The van der Waals surface area contributed by atoms with Gasteiger partial charge < -0.3 is 14.4 Å². The van der Waals surface area contributed by atoms with Crippen molar-refractivity contribution >= 4 is 27.5 Å². The zero-order chi connectivity index (χ0) is 24.0. The largest absolute Gasteiger partial charge is 0.493 e. The first-order valence-corrected chi connectivity index (χ1v) is 13.6. The first-order chi connectivity index (χ1) is 16.4. The van der Waals surface area contributed by atoms with Gasteiger partial charge in [-0.1, -0.05) is 41.9 Å². The monoisotopic (exact) mass is 506 g/mol. The SMILES string of the molecule is O=C(C[C@@]1(COc2ccc(Cl)cc2)CCCN(S(=O)(=O)Cc2ccccc2)C1)N1CCOCC1. The van der Waals surface area contributed by atoms with Crippen LogP contribution in [0.15, 0.2) is 54.6 Å². The Balaban J connectivity index is 1.53. The molecule has 0 saturated carbocycles. The van der Waals surface area contributed by atoms with Crippen LogP contribution in [0.1, 0.15) is 24.8 Å². The Bertz CT molecular complexity index is 1060. The second-order valence-electron chi connectivity index (χ2n) is 9.09. The van der Waals surface area contributed by atoms with E-state index in [2.05, 4.69) is 0 Å². The van der Waals surface area contributed by atoms with Crippen molar-refractivity contribution in [2.24, 2.45) is 5.41 Å². The summed E-state index contributed by atoms with van der Waals surface area (Å²) >= 11 is 5.99. The Kier molecular flexibility index (Phi) is 8.14. The van der Waals surface area contributed by atoms with Crippen molar-refractivity contribution < 1.29 is 22.7 Å². The Morgan fingerprint density at radius 1 is 1.03 bits per heavy atom. The molecule has 0 spiro atoms. The van der Waals surface area contributed by atoms with E-state index in [9.17, 15) is 13.2 Å². The van der Waals surface area contributed by atoms with Gasteiger partial charge in [-0.2, -0.15) is 0 Å². The van der Waals surface area contributed by atoms with E-state index in [0.29, 0.717) is 56.5 Å². The van der Waals surface area contributed by atoms with Crippen LogP contribution in [0.4, 0.5) is 0 Å². The number of halogens is 1. The van der Waals surface area contributed by atoms with Gasteiger partial charge in [-0.25, -0.2) is 12.7 Å². The molecule has 184 valence electrons. The first-order valence-electron chi connectivity index (χ1n) is 11.6. The van der Waals surface area contributed by atoms with Gasteiger partial charge in [0.05, 0.1) is 25.6 Å². The van der Waals surface area contributed by atoms with Crippen LogP contribution in [-0.2, 0) is 25.3 Å². The fourth-order valence-electron chi connectivity index (χ4n) is 4.60. The highest BCUT2D eigenvalue weighted by Crippen LogP contribution is 2.37. The zero-order valence-corrected chi connectivity index (χ0v) is 20.8. The number of piperidine rings is 1. The van der Waals surface area contributed by atoms with Gasteiger partial charge in [-0.3, -0.25) is 4.79 Å². The van der Waals surface area contributed by atoms with Gasteiger partial charge in [0.25, 0.3) is 0 Å². The van der Waals surface area contributed by atoms with Crippen LogP contribution < -0.4 is 4.74 Å². The molecule has 2 aromatic rings. The summed E-state index contributed by atoms with van der Waals surface area (Å²) in [6, 6.07) is 16.3. The smallest absolute Gasteiger partial charge is 0.223 e. The van der Waals surface area contributed by atoms with Crippen molar-refractivity contribution in [1.82, 2.24) is 9.21 Å². The normalized spacial score (nSPS) is 21.9. The van der Waals surface area contributed by atoms with Crippen LogP contribution in [0.2, 0.25) is 5.02 Å². The number of hydrogen-bond acceptors (Lipinski definition) is 5. The molecule has 2 aliphatic heterocycles. The third kappa shape index (κ3) is 6.50. The number of hydrogen-bond donors (Lipinski definition) is 0. The van der Waals surface area contributed by atoms with Gasteiger partial charge in [0.2, 0.25) is 15.9 Å². The van der Waals surface area contributed by atoms with Crippen molar-refractivity contribution in [3.8, 4) is 5.75 Å². The van der Waals surface area contributed by atoms with E-state index in [0.717, 1.165) is 5.56 Å². The molecule has 0 N–H and O–H groups in total. The van der Waals surface area contributed by atoms with Gasteiger partial charge in [0.15, 0.2) is 0 Å². The highest BCUT2D eigenvalue weighted by Gasteiger charge is 2.42. The summed E-state index contributed by atoms with van der Waals surface area (Å²) in [5.74, 6) is 0.608. The number of morpholine rings is 1. The molecule has 2 aromatic carbocycles. The predicted molar refractivity (Wildman–Crippen MR) is 131 cm³/mol. The maximum atomic E-state index is 13.3. The molecule has 34 heavy (non-hydrogen) atoms. The minimum absolute atomic E-state index is 0.0188. The van der Waals surface area contributed by atoms with Crippen LogP contribution in [0.3, 0.4) is 0 Å². The fourth-order valence-corrected chi connectivity index (χ4v) is 6.40. The van der Waals surface area contributed by atoms with Gasteiger partial charge in [0.1, 0.15) is 5.75 Å². The van der Waals surface area contributed by atoms with Gasteiger partial charge in [-0.15, -0.1) is 0 Å². The van der Waals surface area contributed by atoms with E-state index in [1.807, 2.05) is 35.2 Å². The van der Waals surface area contributed by atoms with Crippen LogP contribution in [0.25, 0.3) is 0 Å². The fraction of sp³-hybridized carbons (Fsp3) is 0.480. The maximum Gasteiger partial charge on any atom is 0.223 e. The zero-order valence-electron chi connectivity index (χ0n) is 19.2. The highest BCUT2D eigenvalue weighted by atomic mass is 35.5. The molecule has 9 heteroatoms. The number of carbonyl (C=O) groups excluding carboxylic acids is 1. The van der Waals surface area contributed by atoms with Crippen LogP contribution in [0, 0.1) is 5.41 Å². The summed E-state index contributed by atoms with van der Waals surface area (Å²) in [5, 5.41) is 0.611. The van der Waals surface area contributed by atoms with Crippen molar-refractivity contribution in [2.45, 2.75) is 25.0 Å². The molecule has 2 heterocycles. The summed E-state index contributed by atoms with van der Waals surface area (Å²) in [6.45, 7) is 3.12. The Labute approximate surface area is 206 Å². The highest BCUT2D eigenvalue weighted by molar-refractivity contribution is 7.88. The number of rotatable bonds is 8. The van der Waals surface area contributed by atoms with E-state index in [-0.39, 0.29) is 31.2 Å². The number of sulfonamides is 1. The molecule has 2 saturated heterocycles. The third-order valence-corrected chi connectivity index (χ3v) is 8.51. The minimum atomic E-state index is -3.54. The van der Waals surface area contributed by atoms with Gasteiger partial charge >= 0.3 is 0 Å². The van der Waals surface area contributed by atoms with Gasteiger partial charge in [0, 0.05) is 43.0 Å². The Morgan fingerprint density at radius 3 is 2.44 bits per heavy atom. The van der Waals surface area contributed by atoms with E-state index in [4.69, 9.17) is 21.1 Å². The molecule has 1 atom stereocenters. The molecule has 0 radical (unpaired) electrons. The Hall–Kier alpha value is -2.13. The number of ether oxygens (including phenoxy) is 2. The maximum absolute atomic E-state index is 13.3. The van der Waals surface area contributed by atoms with Crippen LogP contribution in [-0.4, -0.2) is 69.5 Å². The van der Waals surface area contributed by atoms with E-state index in [1.54, 1.807) is 28.6 Å². The second-order valence-corrected chi connectivity index (χ2v) is 11.5. The molecular weight excluding hydrogens is 476 g/mol. The number of amides is 1. The van der Waals surface area contributed by atoms with Crippen molar-refractivity contribution in [3.05, 3.63) is 65.2 Å². The van der Waals surface area contributed by atoms with Crippen molar-refractivity contribution in [2.75, 3.05) is 46.0 Å². The lowest BCUT2D eigenvalue weighted by Gasteiger charge is -2.42. The van der Waals surface area contributed by atoms with Gasteiger partial charge in [-0.05, 0) is 42.7 Å². The molecule has 2 aliphatic rings. The van der Waals surface area contributed by atoms with Crippen LogP contribution in [0.5, 0.6) is 5.75 Å². The van der Waals surface area contributed by atoms with Crippen molar-refractivity contribution in [3.63, 3.8) is 0 Å². The topological polar surface area (TPSA) is 76.2 Å². The van der Waals surface area contributed by atoms with E-state index in [1.165, 1.54) is 0 Å². The molecule has 0 aliphatic carbocycles. The molecule has 0 aromatic heterocycles. The summed E-state index contributed by atoms with van der Waals surface area (Å²) in [5.41, 5.74) is 0.136. The lowest BCUT2D eigenvalue weighted by Crippen LogP contribution is -2.52. The van der Waals surface area contributed by atoms with Crippen LogP contribution >= 0.6 is 11.6 Å². The third-order valence-electron chi connectivity index (χ3n) is 6.46. The van der Waals surface area contributed by atoms with E-state index < -0.39 is 15.4 Å². The quantitative estimate of drug-likeness (QED) is 0.547. The molecule has 0 bridgehead atoms. The molecule has 1 amide bonds. The van der Waals surface area contributed by atoms with Crippen molar-refractivity contribution in [1.29, 1.82) is 0 Å². The second kappa shape index (κ2) is 11.1. The summed E-state index contributed by atoms with van der Waals surface area (Å²) in [6.07, 6.45) is 1.63. The number of nitrogens with zero attached hydrogens (tertiary/aromatic N) is 2. The average molecular weight is 507 g/mol. The summed E-state index contributed by atoms with van der Waals surface area (Å²) < 4.78 is 39.6. The first kappa shape index (κ1) is 25.0. The van der Waals surface area contributed by atoms with E-state index >= 15 is 0 Å². The average Bonchev–Trinajstić information content (AvgIpc) is 2.85. The number of carbonyl (C=O) groups is 1. The summed E-state index contributed by atoms with van der Waals surface area (Å²) in [4.78, 5) is 15.0. The minimum Gasteiger partial charge on any atom is -0.493 e. The molecule has 0 unspecified atom stereocenters. The number of benzene rings is 2. The molecule has 2 fully saturated rings. The summed E-state index contributed by atoms with van der Waals surface area (Å²) in [7, 11) is -3.54. The lowest BCUT2D eigenvalue weighted by molar-refractivity contribution is -0.139. The molecule has 4 rings (SSSR count). The lowest BCUT2D eigenvalue weighted by atomic mass is 9.78. The predicted octanol–water partition coefficient (Wildman–Crippen LogP) is 3.58. The Morgan fingerprint density at radius 2 is 1.74 bits per heavy atom.